The lowest BCUT2D eigenvalue weighted by Crippen LogP contribution is -2.16. The molecule has 3 heterocycles. The number of hydrogen-bond donors (Lipinski definition) is 2. The first-order chi connectivity index (χ1) is 11.1. The van der Waals surface area contributed by atoms with Gasteiger partial charge in [0.25, 0.3) is 5.56 Å². The second-order valence-electron chi connectivity index (χ2n) is 5.50. The molecule has 0 unspecified atom stereocenters. The van der Waals surface area contributed by atoms with Crippen LogP contribution in [0.5, 0.6) is 0 Å². The van der Waals surface area contributed by atoms with Gasteiger partial charge in [0.2, 0.25) is 0 Å². The molecule has 1 saturated heterocycles. The Balaban J connectivity index is 1.76. The Hall–Kier alpha value is -2.42. The highest BCUT2D eigenvalue weighted by Gasteiger charge is 2.22. The molecule has 2 aromatic rings. The molecule has 9 nitrogen and oxygen atoms in total. The van der Waals surface area contributed by atoms with Gasteiger partial charge in [0.1, 0.15) is 18.1 Å². The van der Waals surface area contributed by atoms with E-state index in [1.54, 1.807) is 0 Å². The van der Waals surface area contributed by atoms with E-state index in [1.807, 2.05) is 0 Å². The second-order valence-corrected chi connectivity index (χ2v) is 5.50. The van der Waals surface area contributed by atoms with Gasteiger partial charge in [-0.15, -0.1) is 0 Å². The summed E-state index contributed by atoms with van der Waals surface area (Å²) in [6.07, 6.45) is 2.57. The van der Waals surface area contributed by atoms with Crippen molar-refractivity contribution in [1.82, 2.24) is 19.9 Å². The molecule has 0 radical (unpaired) electrons. The molecular weight excluding hydrogens is 304 g/mol. The average Bonchev–Trinajstić information content (AvgIpc) is 3.12. The van der Waals surface area contributed by atoms with Crippen LogP contribution in [-0.2, 0) is 28.9 Å². The number of carbonyl (C=O) groups is 1. The lowest BCUT2D eigenvalue weighted by atomic mass is 10.00. The number of ether oxygens (including phenoxy) is 1. The van der Waals surface area contributed by atoms with Gasteiger partial charge in [-0.2, -0.15) is 10.3 Å². The number of carboxylic acid groups (broad SMARTS) is 1. The third-order valence-electron chi connectivity index (χ3n) is 3.81. The fourth-order valence-corrected chi connectivity index (χ4v) is 2.64. The van der Waals surface area contributed by atoms with Crippen LogP contribution in [-0.4, -0.2) is 44.2 Å². The van der Waals surface area contributed by atoms with Crippen molar-refractivity contribution < 1.29 is 19.2 Å². The third kappa shape index (κ3) is 3.86. The Morgan fingerprint density at radius 2 is 2.17 bits per heavy atom. The minimum absolute atomic E-state index is 0.197. The van der Waals surface area contributed by atoms with Crippen molar-refractivity contribution in [1.29, 1.82) is 0 Å². The molecule has 0 bridgehead atoms. The van der Waals surface area contributed by atoms with Gasteiger partial charge in [-0.3, -0.25) is 9.59 Å². The van der Waals surface area contributed by atoms with E-state index in [0.29, 0.717) is 43.5 Å². The molecule has 23 heavy (non-hydrogen) atoms. The van der Waals surface area contributed by atoms with Crippen molar-refractivity contribution in [3.63, 3.8) is 0 Å². The van der Waals surface area contributed by atoms with E-state index in [2.05, 4.69) is 15.2 Å². The Bertz CT molecular complexity index is 726. The second kappa shape index (κ2) is 6.78. The summed E-state index contributed by atoms with van der Waals surface area (Å²) in [7, 11) is 0. The number of rotatable bonds is 6. The molecule has 0 saturated carbocycles. The Morgan fingerprint density at radius 1 is 1.39 bits per heavy atom. The Morgan fingerprint density at radius 3 is 2.83 bits per heavy atom. The van der Waals surface area contributed by atoms with E-state index in [9.17, 15) is 9.59 Å². The van der Waals surface area contributed by atoms with Gasteiger partial charge in [-0.25, -0.2) is 9.67 Å². The smallest absolute Gasteiger partial charge is 0.325 e. The number of carboxylic acids is 1. The highest BCUT2D eigenvalue weighted by atomic mass is 16.5. The minimum Gasteiger partial charge on any atom is -0.480 e. The highest BCUT2D eigenvalue weighted by Crippen LogP contribution is 2.24. The number of nitrogens with one attached hydrogen (secondary N) is 1. The number of aromatic nitrogens is 4. The number of H-pyrrole nitrogens is 1. The number of aryl methyl sites for hydroxylation is 2. The van der Waals surface area contributed by atoms with Crippen LogP contribution in [0.3, 0.4) is 0 Å². The molecule has 2 N–H and O–H groups in total. The zero-order chi connectivity index (χ0) is 16.2. The first kappa shape index (κ1) is 15.5. The fourth-order valence-electron chi connectivity index (χ4n) is 2.64. The number of aliphatic carboxylic acids is 1. The first-order valence-corrected chi connectivity index (χ1v) is 7.52. The molecule has 0 aliphatic carbocycles. The number of hydrogen-bond acceptors (Lipinski definition) is 6. The van der Waals surface area contributed by atoms with Gasteiger partial charge in [-0.05, 0) is 12.8 Å². The molecule has 0 aromatic carbocycles. The van der Waals surface area contributed by atoms with Crippen LogP contribution in [0, 0.1) is 0 Å². The molecule has 2 aromatic heterocycles. The monoisotopic (exact) mass is 322 g/mol. The summed E-state index contributed by atoms with van der Waals surface area (Å²) in [5.74, 6) is 0.982. The molecule has 0 amide bonds. The molecule has 3 rings (SSSR count). The van der Waals surface area contributed by atoms with Gasteiger partial charge in [-0.1, -0.05) is 0 Å². The molecule has 124 valence electrons. The molecule has 1 aliphatic heterocycles. The van der Waals surface area contributed by atoms with Gasteiger partial charge in [0, 0.05) is 38.0 Å². The summed E-state index contributed by atoms with van der Waals surface area (Å²) in [4.78, 5) is 26.6. The van der Waals surface area contributed by atoms with E-state index in [-0.39, 0.29) is 18.0 Å². The summed E-state index contributed by atoms with van der Waals surface area (Å²) in [6.45, 7) is 1.10. The molecule has 9 heteroatoms. The van der Waals surface area contributed by atoms with Crippen LogP contribution in [0.4, 0.5) is 0 Å². The topological polar surface area (TPSA) is 123 Å². The maximum Gasteiger partial charge on any atom is 0.325 e. The molecule has 1 fully saturated rings. The highest BCUT2D eigenvalue weighted by molar-refractivity contribution is 5.66. The summed E-state index contributed by atoms with van der Waals surface area (Å²) < 4.78 is 11.7. The number of nitrogens with zero attached hydrogens (tertiary/aromatic N) is 3. The van der Waals surface area contributed by atoms with Crippen molar-refractivity contribution in [2.75, 3.05) is 13.2 Å². The molecule has 0 spiro atoms. The molecule has 1 aliphatic rings. The Labute approximate surface area is 131 Å². The Kier molecular flexibility index (Phi) is 4.56. The van der Waals surface area contributed by atoms with E-state index < -0.39 is 5.97 Å². The number of aromatic amines is 1. The fraction of sp³-hybridized carbons (Fsp3) is 0.571. The zero-order valence-electron chi connectivity index (χ0n) is 12.5. The van der Waals surface area contributed by atoms with Gasteiger partial charge in [0.05, 0.1) is 0 Å². The van der Waals surface area contributed by atoms with Crippen LogP contribution in [0.1, 0.15) is 36.2 Å². The standard InChI is InChI=1S/C14H18N4O5/c19-12-7-10(23-17-12)1-2-11-15-14(9-3-5-22-6-4-9)16-18(11)8-13(20)21/h7,9H,1-6,8H2,(H,17,19)(H,20,21). The van der Waals surface area contributed by atoms with Crippen LogP contribution in [0.15, 0.2) is 15.4 Å². The maximum atomic E-state index is 11.1. The van der Waals surface area contributed by atoms with Crippen LogP contribution in [0.2, 0.25) is 0 Å². The average molecular weight is 322 g/mol. The van der Waals surface area contributed by atoms with Crippen LogP contribution < -0.4 is 5.56 Å². The summed E-state index contributed by atoms with van der Waals surface area (Å²) in [6, 6.07) is 1.37. The lowest BCUT2D eigenvalue weighted by Gasteiger charge is -2.18. The van der Waals surface area contributed by atoms with Gasteiger partial charge >= 0.3 is 5.97 Å². The van der Waals surface area contributed by atoms with E-state index >= 15 is 0 Å². The lowest BCUT2D eigenvalue weighted by molar-refractivity contribution is -0.137. The van der Waals surface area contributed by atoms with E-state index in [4.69, 9.17) is 14.4 Å². The van der Waals surface area contributed by atoms with Crippen molar-refractivity contribution in [3.05, 3.63) is 33.8 Å². The third-order valence-corrected chi connectivity index (χ3v) is 3.81. The van der Waals surface area contributed by atoms with Crippen molar-refractivity contribution in [2.24, 2.45) is 0 Å². The zero-order valence-corrected chi connectivity index (χ0v) is 12.5. The van der Waals surface area contributed by atoms with E-state index in [0.717, 1.165) is 12.8 Å². The van der Waals surface area contributed by atoms with Crippen LogP contribution >= 0.6 is 0 Å². The minimum atomic E-state index is -0.970. The van der Waals surface area contributed by atoms with Crippen molar-refractivity contribution in [3.8, 4) is 0 Å². The largest absolute Gasteiger partial charge is 0.480 e. The molecular formula is C14H18N4O5. The normalized spacial score (nSPS) is 15.8. The van der Waals surface area contributed by atoms with Crippen molar-refractivity contribution >= 4 is 5.97 Å². The SMILES string of the molecule is O=C(O)Cn1nc(C2CCOCC2)nc1CCc1cc(=O)[nH]o1. The van der Waals surface area contributed by atoms with Gasteiger partial charge in [0.15, 0.2) is 5.82 Å². The maximum absolute atomic E-state index is 11.1. The quantitative estimate of drug-likeness (QED) is 0.785. The molecule has 0 atom stereocenters. The summed E-state index contributed by atoms with van der Waals surface area (Å²) in [5, 5.41) is 15.6. The predicted octanol–water partition coefficient (Wildman–Crippen LogP) is 0.323. The van der Waals surface area contributed by atoms with E-state index in [1.165, 1.54) is 10.7 Å². The predicted molar refractivity (Wildman–Crippen MR) is 77.2 cm³/mol. The van der Waals surface area contributed by atoms with Gasteiger partial charge < -0.3 is 14.4 Å². The van der Waals surface area contributed by atoms with Crippen LogP contribution in [0.25, 0.3) is 0 Å². The summed E-state index contributed by atoms with van der Waals surface area (Å²) >= 11 is 0. The van der Waals surface area contributed by atoms with Crippen molar-refractivity contribution in [2.45, 2.75) is 38.1 Å². The first-order valence-electron chi connectivity index (χ1n) is 7.52. The summed E-state index contributed by atoms with van der Waals surface area (Å²) in [5.41, 5.74) is -0.296.